The summed E-state index contributed by atoms with van der Waals surface area (Å²) in [5, 5.41) is 0. The molecule has 0 atom stereocenters. The van der Waals surface area contributed by atoms with Crippen LogP contribution in [0, 0.1) is 41.4 Å². The van der Waals surface area contributed by atoms with Crippen LogP contribution in [0.15, 0.2) is 0 Å². The fraction of sp³-hybridized carbons (Fsp3) is 0. The molecule has 1 aromatic carbocycles. The van der Waals surface area contributed by atoms with Gasteiger partial charge in [-0.25, -0.2) is 22.0 Å². The minimum absolute atomic E-state index is 1.25. The summed E-state index contributed by atoms with van der Waals surface area (Å²) in [6.45, 7) is 0. The lowest BCUT2D eigenvalue weighted by Crippen LogP contribution is -2.04. The lowest BCUT2D eigenvalue weighted by Gasteiger charge is -2.01. The zero-order valence-electron chi connectivity index (χ0n) is 5.97. The molecule has 0 N–H and O–H groups in total. The van der Waals surface area contributed by atoms with E-state index in [9.17, 15) is 22.0 Å². The molecule has 0 saturated carbocycles. The van der Waals surface area contributed by atoms with Crippen molar-refractivity contribution in [3.63, 3.8) is 0 Å². The van der Waals surface area contributed by atoms with Crippen LogP contribution in [0.5, 0.6) is 0 Å². The topological polar surface area (TPSA) is 0 Å². The number of halogens is 5. The molecule has 0 radical (unpaired) electrons. The minimum Gasteiger partial charge on any atom is -0.202 e. The molecule has 1 aromatic rings. The summed E-state index contributed by atoms with van der Waals surface area (Å²) in [6, 6.07) is 0. The zero-order chi connectivity index (χ0) is 10.2. The summed E-state index contributed by atoms with van der Waals surface area (Å²) in [7, 11) is 0. The van der Waals surface area contributed by atoms with E-state index in [1.54, 1.807) is 0 Å². The van der Waals surface area contributed by atoms with Crippen LogP contribution in [0.2, 0.25) is 0 Å². The zero-order valence-corrected chi connectivity index (χ0v) is 5.97. The summed E-state index contributed by atoms with van der Waals surface area (Å²) < 4.78 is 62.1. The molecular formula is C8HF5. The van der Waals surface area contributed by atoms with E-state index in [2.05, 4.69) is 6.42 Å². The highest BCUT2D eigenvalue weighted by molar-refractivity contribution is 5.36. The molecule has 0 bridgehead atoms. The van der Waals surface area contributed by atoms with Gasteiger partial charge in [-0.15, -0.1) is 6.42 Å². The Hall–Kier alpha value is -1.57. The van der Waals surface area contributed by atoms with E-state index >= 15 is 0 Å². The van der Waals surface area contributed by atoms with Crippen molar-refractivity contribution in [1.29, 1.82) is 0 Å². The van der Waals surface area contributed by atoms with Gasteiger partial charge in [-0.1, -0.05) is 5.92 Å². The third-order valence-corrected chi connectivity index (χ3v) is 1.35. The molecule has 0 unspecified atom stereocenters. The summed E-state index contributed by atoms with van der Waals surface area (Å²) >= 11 is 0. The van der Waals surface area contributed by atoms with Crippen molar-refractivity contribution < 1.29 is 22.0 Å². The second-order valence-electron chi connectivity index (χ2n) is 2.09. The fourth-order valence-electron chi connectivity index (χ4n) is 0.732. The summed E-state index contributed by atoms with van der Waals surface area (Å²) in [5.74, 6) is -8.88. The van der Waals surface area contributed by atoms with Crippen LogP contribution < -0.4 is 0 Å². The molecule has 0 heterocycles. The maximum Gasteiger partial charge on any atom is 0.200 e. The predicted octanol–water partition coefficient (Wildman–Crippen LogP) is 2.36. The maximum absolute atomic E-state index is 12.5. The summed E-state index contributed by atoms with van der Waals surface area (Å²) in [6.07, 6.45) is 4.55. The molecule has 0 nitrogen and oxygen atoms in total. The van der Waals surface area contributed by atoms with Gasteiger partial charge in [0.25, 0.3) is 0 Å². The Balaban J connectivity index is 3.69. The molecule has 0 aromatic heterocycles. The second-order valence-corrected chi connectivity index (χ2v) is 2.09. The molecule has 0 amide bonds. The van der Waals surface area contributed by atoms with Crippen LogP contribution in [-0.2, 0) is 0 Å². The molecule has 0 aliphatic rings. The van der Waals surface area contributed by atoms with Crippen molar-refractivity contribution in [3.8, 4) is 12.3 Å². The smallest absolute Gasteiger partial charge is 0.200 e. The van der Waals surface area contributed by atoms with Gasteiger partial charge in [-0.2, -0.15) is 0 Å². The van der Waals surface area contributed by atoms with E-state index in [1.807, 2.05) is 0 Å². The van der Waals surface area contributed by atoms with Gasteiger partial charge in [0.15, 0.2) is 23.3 Å². The standard InChI is InChI=1S/C8HF5/c1-2-3-4(9)6(11)8(13)7(12)5(3)10/h1H. The number of hydrogen-bond donors (Lipinski definition) is 0. The molecular weight excluding hydrogens is 191 g/mol. The lowest BCUT2D eigenvalue weighted by molar-refractivity contribution is 0.376. The summed E-state index contributed by atoms with van der Waals surface area (Å²) in [4.78, 5) is 0. The molecule has 0 saturated heterocycles. The van der Waals surface area contributed by atoms with E-state index in [1.165, 1.54) is 5.92 Å². The Kier molecular flexibility index (Phi) is 2.24. The first-order chi connectivity index (χ1) is 6.00. The van der Waals surface area contributed by atoms with Crippen LogP contribution in [0.25, 0.3) is 0 Å². The van der Waals surface area contributed by atoms with E-state index in [-0.39, 0.29) is 0 Å². The Morgan fingerprint density at radius 1 is 0.692 bits per heavy atom. The molecule has 13 heavy (non-hydrogen) atoms. The lowest BCUT2D eigenvalue weighted by atomic mass is 10.2. The largest absolute Gasteiger partial charge is 0.202 e. The van der Waals surface area contributed by atoms with Gasteiger partial charge in [0, 0.05) is 0 Å². The minimum atomic E-state index is -2.21. The van der Waals surface area contributed by atoms with Gasteiger partial charge >= 0.3 is 0 Å². The molecule has 0 spiro atoms. The molecule has 68 valence electrons. The first-order valence-electron chi connectivity index (χ1n) is 2.98. The number of hydrogen-bond acceptors (Lipinski definition) is 0. The fourth-order valence-corrected chi connectivity index (χ4v) is 0.732. The summed E-state index contributed by atoms with van der Waals surface area (Å²) in [5.41, 5.74) is -1.25. The third kappa shape index (κ3) is 1.24. The molecule has 0 aliphatic carbocycles. The molecule has 0 aliphatic heterocycles. The Morgan fingerprint density at radius 3 is 1.31 bits per heavy atom. The average Bonchev–Trinajstić information content (AvgIpc) is 2.13. The van der Waals surface area contributed by atoms with Crippen LogP contribution in [0.1, 0.15) is 5.56 Å². The highest BCUT2D eigenvalue weighted by atomic mass is 19.2. The predicted molar refractivity (Wildman–Crippen MR) is 34.2 cm³/mol. The van der Waals surface area contributed by atoms with E-state index in [0.717, 1.165) is 0 Å². The van der Waals surface area contributed by atoms with Gasteiger partial charge < -0.3 is 0 Å². The number of rotatable bonds is 0. The van der Waals surface area contributed by atoms with E-state index in [4.69, 9.17) is 0 Å². The first-order valence-corrected chi connectivity index (χ1v) is 2.98. The number of terminal acetylenes is 1. The van der Waals surface area contributed by atoms with Gasteiger partial charge in [-0.3, -0.25) is 0 Å². The van der Waals surface area contributed by atoms with Gasteiger partial charge in [-0.05, 0) is 0 Å². The van der Waals surface area contributed by atoms with Crippen LogP contribution in [0.4, 0.5) is 22.0 Å². The highest BCUT2D eigenvalue weighted by Gasteiger charge is 2.24. The van der Waals surface area contributed by atoms with Crippen molar-refractivity contribution in [1.82, 2.24) is 0 Å². The van der Waals surface area contributed by atoms with Crippen molar-refractivity contribution in [2.45, 2.75) is 0 Å². The van der Waals surface area contributed by atoms with Crippen molar-refractivity contribution in [3.05, 3.63) is 34.6 Å². The van der Waals surface area contributed by atoms with E-state index in [0.29, 0.717) is 0 Å². The Morgan fingerprint density at radius 2 is 1.00 bits per heavy atom. The normalized spacial score (nSPS) is 9.85. The van der Waals surface area contributed by atoms with Gasteiger partial charge in [0.2, 0.25) is 5.82 Å². The van der Waals surface area contributed by atoms with Crippen LogP contribution >= 0.6 is 0 Å². The monoisotopic (exact) mass is 192 g/mol. The highest BCUT2D eigenvalue weighted by Crippen LogP contribution is 2.21. The maximum atomic E-state index is 12.5. The van der Waals surface area contributed by atoms with Crippen LogP contribution in [-0.4, -0.2) is 0 Å². The van der Waals surface area contributed by atoms with Crippen LogP contribution in [0.3, 0.4) is 0 Å². The Labute approximate surface area is 70.0 Å². The SMILES string of the molecule is C#Cc1c(F)c(F)c(F)c(F)c1F. The first kappa shape index (κ1) is 9.52. The van der Waals surface area contributed by atoms with Crippen molar-refractivity contribution >= 4 is 0 Å². The number of benzene rings is 1. The van der Waals surface area contributed by atoms with Crippen molar-refractivity contribution in [2.24, 2.45) is 0 Å². The quantitative estimate of drug-likeness (QED) is 0.256. The van der Waals surface area contributed by atoms with Gasteiger partial charge in [0.1, 0.15) is 5.56 Å². The molecule has 1 rings (SSSR count). The van der Waals surface area contributed by atoms with Crippen molar-refractivity contribution in [2.75, 3.05) is 0 Å². The second kappa shape index (κ2) is 3.05. The molecule has 0 fully saturated rings. The Bertz CT molecular complexity index is 373. The van der Waals surface area contributed by atoms with Gasteiger partial charge in [0.05, 0.1) is 0 Å². The third-order valence-electron chi connectivity index (χ3n) is 1.35. The van der Waals surface area contributed by atoms with E-state index < -0.39 is 34.6 Å². The average molecular weight is 192 g/mol. The molecule has 5 heteroatoms.